The molecular formula is C8H13F2N. The number of piperidine rings is 1. The average Bonchev–Trinajstić information content (AvgIpc) is 1.94. The topological polar surface area (TPSA) is 3.24 Å². The van der Waals surface area contributed by atoms with Crippen LogP contribution in [0.15, 0.2) is 11.7 Å². The van der Waals surface area contributed by atoms with Crippen molar-refractivity contribution in [1.82, 2.24) is 4.90 Å². The van der Waals surface area contributed by atoms with Gasteiger partial charge in [-0.25, -0.2) is 0 Å². The van der Waals surface area contributed by atoms with Gasteiger partial charge in [-0.15, -0.1) is 0 Å². The third kappa shape index (κ3) is 1.99. The molecule has 0 radical (unpaired) electrons. The Labute approximate surface area is 65.7 Å². The lowest BCUT2D eigenvalue weighted by Crippen LogP contribution is -2.34. The van der Waals surface area contributed by atoms with Gasteiger partial charge in [-0.05, 0) is 32.4 Å². The van der Waals surface area contributed by atoms with Crippen molar-refractivity contribution in [2.45, 2.75) is 25.8 Å². The Kier molecular flexibility index (Phi) is 2.60. The summed E-state index contributed by atoms with van der Waals surface area (Å²) in [6, 6.07) is 0.264. The van der Waals surface area contributed by atoms with E-state index in [-0.39, 0.29) is 6.04 Å². The van der Waals surface area contributed by atoms with E-state index < -0.39 is 6.08 Å². The van der Waals surface area contributed by atoms with Gasteiger partial charge in [-0.3, -0.25) is 0 Å². The van der Waals surface area contributed by atoms with Gasteiger partial charge in [-0.1, -0.05) is 0 Å². The fourth-order valence-corrected chi connectivity index (χ4v) is 1.32. The lowest BCUT2D eigenvalue weighted by molar-refractivity contribution is 0.223. The van der Waals surface area contributed by atoms with Crippen LogP contribution in [0.25, 0.3) is 0 Å². The molecule has 1 unspecified atom stereocenters. The predicted octanol–water partition coefficient (Wildman–Crippen LogP) is 2.25. The van der Waals surface area contributed by atoms with Crippen LogP contribution in [0.5, 0.6) is 0 Å². The first kappa shape index (κ1) is 8.65. The second-order valence-electron chi connectivity index (χ2n) is 3.15. The molecule has 0 amide bonds. The molecule has 0 bridgehead atoms. The van der Waals surface area contributed by atoms with E-state index in [2.05, 4.69) is 4.90 Å². The number of likely N-dealkylation sites (tertiary alicyclic amines) is 1. The smallest absolute Gasteiger partial charge is 0.269 e. The van der Waals surface area contributed by atoms with E-state index in [0.29, 0.717) is 18.4 Å². The van der Waals surface area contributed by atoms with Gasteiger partial charge in [0, 0.05) is 12.6 Å². The molecule has 0 aromatic carbocycles. The van der Waals surface area contributed by atoms with Crippen molar-refractivity contribution in [1.29, 1.82) is 0 Å². The Morgan fingerprint density at radius 1 is 1.55 bits per heavy atom. The minimum absolute atomic E-state index is 0.264. The van der Waals surface area contributed by atoms with Crippen LogP contribution >= 0.6 is 0 Å². The van der Waals surface area contributed by atoms with E-state index in [4.69, 9.17) is 0 Å². The van der Waals surface area contributed by atoms with E-state index in [1.54, 1.807) is 0 Å². The fraction of sp³-hybridized carbons (Fsp3) is 0.750. The van der Waals surface area contributed by atoms with Gasteiger partial charge in [0.2, 0.25) is 0 Å². The predicted molar refractivity (Wildman–Crippen MR) is 40.6 cm³/mol. The number of hydrogen-bond donors (Lipinski definition) is 0. The molecule has 0 spiro atoms. The van der Waals surface area contributed by atoms with Crippen molar-refractivity contribution in [3.05, 3.63) is 11.7 Å². The Hall–Kier alpha value is -0.440. The Morgan fingerprint density at radius 3 is 2.64 bits per heavy atom. The van der Waals surface area contributed by atoms with Crippen LogP contribution in [0.2, 0.25) is 0 Å². The third-order valence-corrected chi connectivity index (χ3v) is 2.33. The summed E-state index contributed by atoms with van der Waals surface area (Å²) in [4.78, 5) is 2.10. The Bertz CT molecular complexity index is 173. The molecule has 0 aromatic heterocycles. The maximum Gasteiger partial charge on any atom is 0.269 e. The molecule has 0 saturated carbocycles. The van der Waals surface area contributed by atoms with Crippen molar-refractivity contribution < 1.29 is 8.78 Å². The first-order valence-electron chi connectivity index (χ1n) is 3.84. The zero-order valence-electron chi connectivity index (χ0n) is 6.90. The molecule has 0 aromatic rings. The second-order valence-corrected chi connectivity index (χ2v) is 3.15. The molecule has 1 atom stereocenters. The molecule has 1 aliphatic heterocycles. The number of halogens is 2. The Balaban J connectivity index is 2.60. The fourth-order valence-electron chi connectivity index (χ4n) is 1.32. The highest BCUT2D eigenvalue weighted by Crippen LogP contribution is 2.24. The SMILES string of the molecule is CC1CC(=C(F)F)CCN1C. The van der Waals surface area contributed by atoms with Gasteiger partial charge in [0.25, 0.3) is 6.08 Å². The molecule has 1 rings (SSSR count). The lowest BCUT2D eigenvalue weighted by Gasteiger charge is -2.30. The minimum atomic E-state index is -1.47. The molecule has 3 heteroatoms. The van der Waals surface area contributed by atoms with Crippen molar-refractivity contribution in [2.24, 2.45) is 0 Å². The summed E-state index contributed by atoms with van der Waals surface area (Å²) in [5, 5.41) is 0. The van der Waals surface area contributed by atoms with Crippen LogP contribution in [0, 0.1) is 0 Å². The van der Waals surface area contributed by atoms with Gasteiger partial charge in [-0.2, -0.15) is 8.78 Å². The highest BCUT2D eigenvalue weighted by atomic mass is 19.3. The zero-order valence-corrected chi connectivity index (χ0v) is 6.90. The molecule has 1 heterocycles. The summed E-state index contributed by atoms with van der Waals surface area (Å²) >= 11 is 0. The number of hydrogen-bond acceptors (Lipinski definition) is 1. The van der Waals surface area contributed by atoms with E-state index >= 15 is 0 Å². The summed E-state index contributed by atoms with van der Waals surface area (Å²) in [5.74, 6) is 0. The van der Waals surface area contributed by atoms with Crippen molar-refractivity contribution in [3.63, 3.8) is 0 Å². The third-order valence-electron chi connectivity index (χ3n) is 2.33. The Morgan fingerprint density at radius 2 is 2.18 bits per heavy atom. The van der Waals surface area contributed by atoms with Crippen LogP contribution in [0.3, 0.4) is 0 Å². The van der Waals surface area contributed by atoms with Gasteiger partial charge in [0.1, 0.15) is 0 Å². The quantitative estimate of drug-likeness (QED) is 0.526. The van der Waals surface area contributed by atoms with E-state index in [1.807, 2.05) is 14.0 Å². The second kappa shape index (κ2) is 3.30. The molecule has 1 saturated heterocycles. The standard InChI is InChI=1S/C8H13F2N/c1-6-5-7(8(9)10)3-4-11(6)2/h6H,3-5H2,1-2H3. The molecule has 1 fully saturated rings. The van der Waals surface area contributed by atoms with E-state index in [0.717, 1.165) is 6.54 Å². The molecule has 0 aliphatic carbocycles. The van der Waals surface area contributed by atoms with Crippen LogP contribution < -0.4 is 0 Å². The summed E-state index contributed by atoms with van der Waals surface area (Å²) in [7, 11) is 1.97. The normalized spacial score (nSPS) is 27.3. The van der Waals surface area contributed by atoms with Crippen molar-refractivity contribution in [2.75, 3.05) is 13.6 Å². The highest BCUT2D eigenvalue weighted by molar-refractivity contribution is 5.07. The maximum atomic E-state index is 12.1. The van der Waals surface area contributed by atoms with Crippen LogP contribution in [0.1, 0.15) is 19.8 Å². The molecule has 64 valence electrons. The van der Waals surface area contributed by atoms with Crippen LogP contribution in [-0.2, 0) is 0 Å². The average molecular weight is 161 g/mol. The lowest BCUT2D eigenvalue weighted by atomic mass is 9.99. The largest absolute Gasteiger partial charge is 0.303 e. The van der Waals surface area contributed by atoms with Crippen LogP contribution in [-0.4, -0.2) is 24.5 Å². The van der Waals surface area contributed by atoms with Crippen molar-refractivity contribution >= 4 is 0 Å². The monoisotopic (exact) mass is 161 g/mol. The molecule has 11 heavy (non-hydrogen) atoms. The van der Waals surface area contributed by atoms with Gasteiger partial charge >= 0.3 is 0 Å². The van der Waals surface area contributed by atoms with Gasteiger partial charge < -0.3 is 4.90 Å². The van der Waals surface area contributed by atoms with E-state index in [1.165, 1.54) is 0 Å². The van der Waals surface area contributed by atoms with Gasteiger partial charge in [0.15, 0.2) is 0 Å². The molecule has 1 nitrogen and oxygen atoms in total. The highest BCUT2D eigenvalue weighted by Gasteiger charge is 2.20. The first-order valence-corrected chi connectivity index (χ1v) is 3.84. The minimum Gasteiger partial charge on any atom is -0.303 e. The molecular weight excluding hydrogens is 148 g/mol. The maximum absolute atomic E-state index is 12.1. The van der Waals surface area contributed by atoms with Gasteiger partial charge in [0.05, 0.1) is 0 Å². The summed E-state index contributed by atoms with van der Waals surface area (Å²) in [5.41, 5.74) is 0.343. The summed E-state index contributed by atoms with van der Waals surface area (Å²) in [6.45, 7) is 2.73. The van der Waals surface area contributed by atoms with Crippen LogP contribution in [0.4, 0.5) is 8.78 Å². The first-order chi connectivity index (χ1) is 5.11. The van der Waals surface area contributed by atoms with E-state index in [9.17, 15) is 8.78 Å². The zero-order chi connectivity index (χ0) is 8.43. The summed E-state index contributed by atoms with van der Waals surface area (Å²) < 4.78 is 24.2. The number of rotatable bonds is 0. The number of nitrogens with zero attached hydrogens (tertiary/aromatic N) is 1. The van der Waals surface area contributed by atoms with Crippen molar-refractivity contribution in [3.8, 4) is 0 Å². The molecule has 1 aliphatic rings. The molecule has 0 N–H and O–H groups in total. The summed E-state index contributed by atoms with van der Waals surface area (Å²) in [6.07, 6.45) is -0.410.